The van der Waals surface area contributed by atoms with Gasteiger partial charge in [0.2, 0.25) is 5.88 Å². The van der Waals surface area contributed by atoms with E-state index >= 15 is 0 Å². The molecule has 0 aliphatic heterocycles. The van der Waals surface area contributed by atoms with Crippen molar-refractivity contribution in [3.05, 3.63) is 23.4 Å². The Balaban J connectivity index is 2.83. The maximum absolute atomic E-state index is 11.1. The van der Waals surface area contributed by atoms with Gasteiger partial charge in [-0.25, -0.2) is 9.78 Å². The molecule has 0 aliphatic carbocycles. The fraction of sp³-hybridized carbons (Fsp3) is 0.571. The number of hydrogen-bond donors (Lipinski definition) is 1. The molecule has 1 aromatic rings. The summed E-state index contributed by atoms with van der Waals surface area (Å²) in [7, 11) is 0. The van der Waals surface area contributed by atoms with E-state index in [1.165, 1.54) is 6.07 Å². The molecule has 0 aliphatic rings. The van der Waals surface area contributed by atoms with Gasteiger partial charge >= 0.3 is 5.97 Å². The van der Waals surface area contributed by atoms with Crippen LogP contribution in [0.3, 0.4) is 0 Å². The standard InChI is InChI=1S/C14H21NO4/c1-4-6-12-7-11(14(16)17)8-13(15-12)19-10(3)9-18-5-2/h7-8,10H,4-6,9H2,1-3H3,(H,16,17). The molecule has 1 rings (SSSR count). The van der Waals surface area contributed by atoms with Crippen molar-refractivity contribution in [1.82, 2.24) is 4.98 Å². The Morgan fingerprint density at radius 1 is 1.42 bits per heavy atom. The molecular formula is C14H21NO4. The third-order valence-corrected chi connectivity index (χ3v) is 2.49. The number of aromatic nitrogens is 1. The molecule has 0 fully saturated rings. The first-order valence-electron chi connectivity index (χ1n) is 6.55. The van der Waals surface area contributed by atoms with Crippen molar-refractivity contribution < 1.29 is 19.4 Å². The summed E-state index contributed by atoms with van der Waals surface area (Å²) in [5.41, 5.74) is 0.943. The van der Waals surface area contributed by atoms with E-state index in [2.05, 4.69) is 4.98 Å². The minimum atomic E-state index is -0.970. The number of pyridine rings is 1. The fourth-order valence-electron chi connectivity index (χ4n) is 1.65. The van der Waals surface area contributed by atoms with Gasteiger partial charge in [-0.1, -0.05) is 13.3 Å². The summed E-state index contributed by atoms with van der Waals surface area (Å²) in [5, 5.41) is 9.07. The molecule has 106 valence electrons. The maximum atomic E-state index is 11.1. The van der Waals surface area contributed by atoms with Crippen molar-refractivity contribution in [2.75, 3.05) is 13.2 Å². The summed E-state index contributed by atoms with van der Waals surface area (Å²) >= 11 is 0. The lowest BCUT2D eigenvalue weighted by Crippen LogP contribution is -2.20. The van der Waals surface area contributed by atoms with E-state index in [1.54, 1.807) is 6.07 Å². The van der Waals surface area contributed by atoms with Crippen molar-refractivity contribution in [2.24, 2.45) is 0 Å². The molecule has 0 aromatic carbocycles. The fourth-order valence-corrected chi connectivity index (χ4v) is 1.65. The number of aromatic carboxylic acids is 1. The van der Waals surface area contributed by atoms with Crippen LogP contribution < -0.4 is 4.74 Å². The van der Waals surface area contributed by atoms with Crippen molar-refractivity contribution in [3.8, 4) is 5.88 Å². The monoisotopic (exact) mass is 267 g/mol. The molecule has 0 saturated carbocycles. The van der Waals surface area contributed by atoms with Crippen LogP contribution in [0.25, 0.3) is 0 Å². The van der Waals surface area contributed by atoms with Crippen LogP contribution in [0.5, 0.6) is 5.88 Å². The number of nitrogens with zero attached hydrogens (tertiary/aromatic N) is 1. The zero-order chi connectivity index (χ0) is 14.3. The van der Waals surface area contributed by atoms with Crippen LogP contribution in [-0.4, -0.2) is 35.4 Å². The van der Waals surface area contributed by atoms with Gasteiger partial charge in [0.1, 0.15) is 6.10 Å². The Bertz CT molecular complexity index is 420. The van der Waals surface area contributed by atoms with Crippen LogP contribution in [0.1, 0.15) is 43.2 Å². The second-order valence-corrected chi connectivity index (χ2v) is 4.33. The van der Waals surface area contributed by atoms with E-state index in [4.69, 9.17) is 14.6 Å². The first-order valence-corrected chi connectivity index (χ1v) is 6.55. The molecule has 1 heterocycles. The van der Waals surface area contributed by atoms with Gasteiger partial charge in [0.15, 0.2) is 0 Å². The highest BCUT2D eigenvalue weighted by Gasteiger charge is 2.11. The lowest BCUT2D eigenvalue weighted by molar-refractivity contribution is 0.0625. The Kier molecular flexibility index (Phi) is 6.29. The molecule has 0 saturated heterocycles. The summed E-state index contributed by atoms with van der Waals surface area (Å²) in [5.74, 6) is -0.627. The second kappa shape index (κ2) is 7.74. The van der Waals surface area contributed by atoms with Crippen LogP contribution in [-0.2, 0) is 11.2 Å². The maximum Gasteiger partial charge on any atom is 0.335 e. The number of carboxylic acids is 1. The number of hydrogen-bond acceptors (Lipinski definition) is 4. The molecule has 19 heavy (non-hydrogen) atoms. The molecule has 0 radical (unpaired) electrons. The molecular weight excluding hydrogens is 246 g/mol. The average Bonchev–Trinajstić information content (AvgIpc) is 2.36. The van der Waals surface area contributed by atoms with Crippen molar-refractivity contribution in [2.45, 2.75) is 39.7 Å². The zero-order valence-electron chi connectivity index (χ0n) is 11.7. The molecule has 1 unspecified atom stereocenters. The van der Waals surface area contributed by atoms with Crippen LogP contribution >= 0.6 is 0 Å². The van der Waals surface area contributed by atoms with E-state index in [0.717, 1.165) is 18.5 Å². The first kappa shape index (κ1) is 15.4. The first-order chi connectivity index (χ1) is 9.06. The Morgan fingerprint density at radius 2 is 2.16 bits per heavy atom. The quantitative estimate of drug-likeness (QED) is 0.783. The van der Waals surface area contributed by atoms with Gasteiger partial charge in [-0.05, 0) is 26.3 Å². The molecule has 0 amide bonds. The van der Waals surface area contributed by atoms with E-state index in [9.17, 15) is 4.79 Å². The summed E-state index contributed by atoms with van der Waals surface area (Å²) in [6.45, 7) is 6.88. The summed E-state index contributed by atoms with van der Waals surface area (Å²) in [4.78, 5) is 15.4. The smallest absolute Gasteiger partial charge is 0.335 e. The van der Waals surface area contributed by atoms with Gasteiger partial charge in [0.25, 0.3) is 0 Å². The average molecular weight is 267 g/mol. The lowest BCUT2D eigenvalue weighted by atomic mass is 10.1. The predicted octanol–water partition coefficient (Wildman–Crippen LogP) is 2.54. The van der Waals surface area contributed by atoms with E-state index in [1.807, 2.05) is 20.8 Å². The van der Waals surface area contributed by atoms with Crippen molar-refractivity contribution >= 4 is 5.97 Å². The van der Waals surface area contributed by atoms with Crippen molar-refractivity contribution in [3.63, 3.8) is 0 Å². The van der Waals surface area contributed by atoms with Crippen LogP contribution in [0.15, 0.2) is 12.1 Å². The molecule has 1 aromatic heterocycles. The van der Waals surface area contributed by atoms with E-state index in [-0.39, 0.29) is 11.7 Å². The van der Waals surface area contributed by atoms with Gasteiger partial charge in [-0.15, -0.1) is 0 Å². The molecule has 1 N–H and O–H groups in total. The number of aryl methyl sites for hydroxylation is 1. The van der Waals surface area contributed by atoms with E-state index in [0.29, 0.717) is 19.1 Å². The van der Waals surface area contributed by atoms with Gasteiger partial charge in [0, 0.05) is 18.4 Å². The normalized spacial score (nSPS) is 12.2. The second-order valence-electron chi connectivity index (χ2n) is 4.33. The molecule has 5 heteroatoms. The summed E-state index contributed by atoms with van der Waals surface area (Å²) < 4.78 is 10.8. The topological polar surface area (TPSA) is 68.7 Å². The highest BCUT2D eigenvalue weighted by Crippen LogP contribution is 2.15. The highest BCUT2D eigenvalue weighted by molar-refractivity contribution is 5.88. The minimum Gasteiger partial charge on any atom is -0.478 e. The number of rotatable bonds is 8. The Morgan fingerprint density at radius 3 is 2.74 bits per heavy atom. The third kappa shape index (κ3) is 5.26. The molecule has 0 spiro atoms. The predicted molar refractivity (Wildman–Crippen MR) is 71.8 cm³/mol. The Labute approximate surface area is 113 Å². The third-order valence-electron chi connectivity index (χ3n) is 2.49. The molecule has 1 atom stereocenters. The Hall–Kier alpha value is -1.62. The summed E-state index contributed by atoms with van der Waals surface area (Å²) in [6, 6.07) is 3.04. The minimum absolute atomic E-state index is 0.161. The SMILES string of the molecule is CCCc1cc(C(=O)O)cc(OC(C)COCC)n1. The lowest BCUT2D eigenvalue weighted by Gasteiger charge is -2.14. The van der Waals surface area contributed by atoms with Crippen LogP contribution in [0, 0.1) is 0 Å². The van der Waals surface area contributed by atoms with Gasteiger partial charge in [-0.2, -0.15) is 0 Å². The zero-order valence-corrected chi connectivity index (χ0v) is 11.7. The van der Waals surface area contributed by atoms with Gasteiger partial charge in [0.05, 0.1) is 12.2 Å². The number of carboxylic acid groups (broad SMARTS) is 1. The van der Waals surface area contributed by atoms with Gasteiger partial charge in [-0.3, -0.25) is 0 Å². The van der Waals surface area contributed by atoms with Crippen molar-refractivity contribution in [1.29, 1.82) is 0 Å². The molecule has 0 bridgehead atoms. The molecule has 5 nitrogen and oxygen atoms in total. The summed E-state index contributed by atoms with van der Waals surface area (Å²) in [6.07, 6.45) is 1.48. The van der Waals surface area contributed by atoms with E-state index < -0.39 is 5.97 Å². The highest BCUT2D eigenvalue weighted by atomic mass is 16.5. The largest absolute Gasteiger partial charge is 0.478 e. The number of ether oxygens (including phenoxy) is 2. The van der Waals surface area contributed by atoms with Crippen LogP contribution in [0.2, 0.25) is 0 Å². The van der Waals surface area contributed by atoms with Gasteiger partial charge < -0.3 is 14.6 Å². The van der Waals surface area contributed by atoms with Crippen LogP contribution in [0.4, 0.5) is 0 Å². The number of carbonyl (C=O) groups is 1.